The number of thioether (sulfide) groups is 1. The fourth-order valence-electron chi connectivity index (χ4n) is 2.70. The number of fused-ring (bicyclic) bond motifs is 1. The maximum Gasteiger partial charge on any atom is 0.287 e. The van der Waals surface area contributed by atoms with Crippen LogP contribution in [0.15, 0.2) is 47.1 Å². The summed E-state index contributed by atoms with van der Waals surface area (Å²) in [6.45, 7) is 1.86. The lowest BCUT2D eigenvalue weighted by atomic mass is 10.2. The number of aromatic nitrogens is 2. The minimum Gasteiger partial charge on any atom is -0.459 e. The molecule has 0 saturated heterocycles. The predicted molar refractivity (Wildman–Crippen MR) is 106 cm³/mol. The molecule has 1 aromatic carbocycles. The number of nitrogens with one attached hydrogen (secondary N) is 3. The first-order valence-electron chi connectivity index (χ1n) is 8.67. The van der Waals surface area contributed by atoms with Crippen LogP contribution in [-0.4, -0.2) is 39.8 Å². The summed E-state index contributed by atoms with van der Waals surface area (Å²) in [6, 6.07) is 9.92. The molecule has 0 aliphatic heterocycles. The molecular formula is C19H22N4O3S. The summed E-state index contributed by atoms with van der Waals surface area (Å²) in [7, 11) is 0. The highest BCUT2D eigenvalue weighted by Crippen LogP contribution is 2.16. The van der Waals surface area contributed by atoms with E-state index in [0.29, 0.717) is 12.2 Å². The number of furan rings is 1. The summed E-state index contributed by atoms with van der Waals surface area (Å²) in [5.74, 6) is 0.942. The van der Waals surface area contributed by atoms with Crippen LogP contribution in [-0.2, 0) is 4.79 Å². The van der Waals surface area contributed by atoms with E-state index in [2.05, 4.69) is 20.6 Å². The number of imidazole rings is 1. The first kappa shape index (κ1) is 19.0. The summed E-state index contributed by atoms with van der Waals surface area (Å²) >= 11 is 1.62. The standard InChI is InChI=1S/C19H22N4O3S/c1-12(17-21-13-6-3-4-7-14(13)22-17)20-18(24)15(9-11-27-2)23-19(25)16-8-5-10-26-16/h3-8,10,12,15H,9,11H2,1-2H3,(H,20,24)(H,21,22)(H,23,25). The van der Waals surface area contributed by atoms with Crippen molar-refractivity contribution < 1.29 is 14.0 Å². The molecule has 2 unspecified atom stereocenters. The fraction of sp³-hybridized carbons (Fsp3) is 0.316. The van der Waals surface area contributed by atoms with E-state index in [1.54, 1.807) is 23.9 Å². The van der Waals surface area contributed by atoms with Gasteiger partial charge in [-0.05, 0) is 49.6 Å². The van der Waals surface area contributed by atoms with Crippen LogP contribution < -0.4 is 10.6 Å². The van der Waals surface area contributed by atoms with E-state index < -0.39 is 11.9 Å². The van der Waals surface area contributed by atoms with Crippen LogP contribution in [0.2, 0.25) is 0 Å². The van der Waals surface area contributed by atoms with E-state index in [1.165, 1.54) is 6.26 Å². The van der Waals surface area contributed by atoms with Gasteiger partial charge in [-0.1, -0.05) is 12.1 Å². The SMILES string of the molecule is CSCCC(NC(=O)c1ccco1)C(=O)NC(C)c1nc2ccccc2[nH]1. The molecule has 2 atom stereocenters. The molecule has 0 spiro atoms. The van der Waals surface area contributed by atoms with Crippen molar-refractivity contribution in [1.82, 2.24) is 20.6 Å². The molecular weight excluding hydrogens is 364 g/mol. The molecule has 0 aliphatic rings. The van der Waals surface area contributed by atoms with Gasteiger partial charge in [0.1, 0.15) is 11.9 Å². The van der Waals surface area contributed by atoms with Gasteiger partial charge in [0.2, 0.25) is 5.91 Å². The third kappa shape index (κ3) is 4.71. The highest BCUT2D eigenvalue weighted by molar-refractivity contribution is 7.98. The molecule has 0 saturated carbocycles. The van der Waals surface area contributed by atoms with Crippen molar-refractivity contribution in [3.63, 3.8) is 0 Å². The van der Waals surface area contributed by atoms with Crippen LogP contribution in [0.5, 0.6) is 0 Å². The van der Waals surface area contributed by atoms with Crippen molar-refractivity contribution in [2.45, 2.75) is 25.4 Å². The lowest BCUT2D eigenvalue weighted by Crippen LogP contribution is -2.47. The van der Waals surface area contributed by atoms with Gasteiger partial charge in [-0.3, -0.25) is 9.59 Å². The van der Waals surface area contributed by atoms with Gasteiger partial charge in [-0.2, -0.15) is 11.8 Å². The van der Waals surface area contributed by atoms with E-state index in [9.17, 15) is 9.59 Å². The molecule has 2 amide bonds. The Morgan fingerprint density at radius 3 is 2.74 bits per heavy atom. The third-order valence-electron chi connectivity index (χ3n) is 4.15. The number of H-pyrrole nitrogens is 1. The molecule has 2 aromatic heterocycles. The Labute approximate surface area is 161 Å². The maximum absolute atomic E-state index is 12.7. The van der Waals surface area contributed by atoms with E-state index in [-0.39, 0.29) is 17.7 Å². The summed E-state index contributed by atoms with van der Waals surface area (Å²) in [4.78, 5) is 32.7. The Bertz CT molecular complexity index is 874. The number of carbonyl (C=O) groups excluding carboxylic acids is 2. The van der Waals surface area contributed by atoms with Gasteiger partial charge in [-0.25, -0.2) is 4.98 Å². The van der Waals surface area contributed by atoms with Gasteiger partial charge in [-0.15, -0.1) is 0 Å². The van der Waals surface area contributed by atoms with Crippen LogP contribution in [0.1, 0.15) is 35.8 Å². The van der Waals surface area contributed by atoms with Crippen molar-refractivity contribution in [3.05, 3.63) is 54.2 Å². The molecule has 3 rings (SSSR count). The average molecular weight is 386 g/mol. The Balaban J connectivity index is 1.68. The first-order chi connectivity index (χ1) is 13.1. The zero-order chi connectivity index (χ0) is 19.2. The number of nitrogens with zero attached hydrogens (tertiary/aromatic N) is 1. The van der Waals surface area contributed by atoms with Crippen LogP contribution in [0.4, 0.5) is 0 Å². The van der Waals surface area contributed by atoms with E-state index in [4.69, 9.17) is 4.42 Å². The molecule has 0 aliphatic carbocycles. The quantitative estimate of drug-likeness (QED) is 0.553. The largest absolute Gasteiger partial charge is 0.459 e. The molecule has 142 valence electrons. The van der Waals surface area contributed by atoms with E-state index in [1.807, 2.05) is 37.4 Å². The highest BCUT2D eigenvalue weighted by Gasteiger charge is 2.24. The predicted octanol–water partition coefficient (Wildman–Crippen LogP) is 2.88. The smallest absolute Gasteiger partial charge is 0.287 e. The topological polar surface area (TPSA) is 100 Å². The molecule has 3 N–H and O–H groups in total. The lowest BCUT2D eigenvalue weighted by Gasteiger charge is -2.20. The van der Waals surface area contributed by atoms with Gasteiger partial charge < -0.3 is 20.0 Å². The molecule has 3 aromatic rings. The van der Waals surface area contributed by atoms with Crippen LogP contribution >= 0.6 is 11.8 Å². The Hall–Kier alpha value is -2.74. The Kier molecular flexibility index (Phi) is 6.18. The van der Waals surface area contributed by atoms with Crippen LogP contribution in [0, 0.1) is 0 Å². The van der Waals surface area contributed by atoms with E-state index in [0.717, 1.165) is 16.8 Å². The number of aromatic amines is 1. The van der Waals surface area contributed by atoms with E-state index >= 15 is 0 Å². The van der Waals surface area contributed by atoms with Gasteiger partial charge >= 0.3 is 0 Å². The van der Waals surface area contributed by atoms with Gasteiger partial charge in [0, 0.05) is 0 Å². The van der Waals surface area contributed by atoms with Crippen LogP contribution in [0.3, 0.4) is 0 Å². The first-order valence-corrected chi connectivity index (χ1v) is 10.1. The number of carbonyl (C=O) groups is 2. The zero-order valence-electron chi connectivity index (χ0n) is 15.2. The summed E-state index contributed by atoms with van der Waals surface area (Å²) in [5.41, 5.74) is 1.76. The van der Waals surface area contributed by atoms with Gasteiger partial charge in [0.05, 0.1) is 23.3 Å². The minimum absolute atomic E-state index is 0.183. The highest BCUT2D eigenvalue weighted by atomic mass is 32.2. The number of para-hydroxylation sites is 2. The molecule has 27 heavy (non-hydrogen) atoms. The summed E-state index contributed by atoms with van der Waals surface area (Å²) < 4.78 is 5.10. The second-order valence-electron chi connectivity index (χ2n) is 6.15. The summed E-state index contributed by atoms with van der Waals surface area (Å²) in [5, 5.41) is 5.68. The number of rotatable bonds is 8. The average Bonchev–Trinajstić information content (AvgIpc) is 3.34. The normalized spacial score (nSPS) is 13.3. The van der Waals surface area contributed by atoms with Crippen LogP contribution in [0.25, 0.3) is 11.0 Å². The number of hydrogen-bond donors (Lipinski definition) is 3. The Morgan fingerprint density at radius 2 is 2.04 bits per heavy atom. The van der Waals surface area contributed by atoms with Gasteiger partial charge in [0.25, 0.3) is 5.91 Å². The van der Waals surface area contributed by atoms with Crippen molar-refractivity contribution in [2.75, 3.05) is 12.0 Å². The zero-order valence-corrected chi connectivity index (χ0v) is 16.0. The fourth-order valence-corrected chi connectivity index (χ4v) is 3.17. The van der Waals surface area contributed by atoms with Crippen molar-refractivity contribution >= 4 is 34.6 Å². The molecule has 0 fully saturated rings. The Morgan fingerprint density at radius 1 is 1.22 bits per heavy atom. The molecule has 8 heteroatoms. The van der Waals surface area contributed by atoms with Crippen molar-refractivity contribution in [3.8, 4) is 0 Å². The second kappa shape index (κ2) is 8.77. The maximum atomic E-state index is 12.7. The number of benzene rings is 1. The monoisotopic (exact) mass is 386 g/mol. The number of amides is 2. The molecule has 0 radical (unpaired) electrons. The second-order valence-corrected chi connectivity index (χ2v) is 7.14. The lowest BCUT2D eigenvalue weighted by molar-refractivity contribution is -0.123. The summed E-state index contributed by atoms with van der Waals surface area (Å²) in [6.07, 6.45) is 3.90. The van der Waals surface area contributed by atoms with Gasteiger partial charge in [0.15, 0.2) is 5.76 Å². The third-order valence-corrected chi connectivity index (χ3v) is 4.80. The minimum atomic E-state index is -0.651. The van der Waals surface area contributed by atoms with Crippen molar-refractivity contribution in [2.24, 2.45) is 0 Å². The molecule has 7 nitrogen and oxygen atoms in total. The molecule has 0 bridgehead atoms. The van der Waals surface area contributed by atoms with Crippen molar-refractivity contribution in [1.29, 1.82) is 0 Å². The molecule has 2 heterocycles. The number of hydrogen-bond acceptors (Lipinski definition) is 5.